The van der Waals surface area contributed by atoms with E-state index >= 15 is 0 Å². The summed E-state index contributed by atoms with van der Waals surface area (Å²) in [6.45, 7) is 6.46. The summed E-state index contributed by atoms with van der Waals surface area (Å²) in [5.41, 5.74) is 8.11. The van der Waals surface area contributed by atoms with E-state index in [0.717, 1.165) is 48.5 Å². The van der Waals surface area contributed by atoms with Crippen LogP contribution in [-0.2, 0) is 0 Å². The lowest BCUT2D eigenvalue weighted by Gasteiger charge is -2.35. The Kier molecular flexibility index (Phi) is 3.35. The molecule has 2 aromatic rings. The van der Waals surface area contributed by atoms with Gasteiger partial charge in [0.15, 0.2) is 0 Å². The first kappa shape index (κ1) is 13.5. The molecular formula is C14H19N5S2. The van der Waals surface area contributed by atoms with Crippen LogP contribution in [0.15, 0.2) is 5.38 Å². The first-order valence-electron chi connectivity index (χ1n) is 7.39. The first-order valence-corrected chi connectivity index (χ1v) is 9.04. The molecule has 0 spiro atoms. The monoisotopic (exact) mass is 321 g/mol. The van der Waals surface area contributed by atoms with Gasteiger partial charge in [-0.25, -0.2) is 4.98 Å². The number of piperazine rings is 1. The van der Waals surface area contributed by atoms with Crippen molar-refractivity contribution in [2.45, 2.75) is 25.8 Å². The van der Waals surface area contributed by atoms with Crippen LogP contribution in [0.2, 0.25) is 0 Å². The van der Waals surface area contributed by atoms with E-state index < -0.39 is 0 Å². The number of nitrogens with two attached hydrogens (primary N) is 1. The van der Waals surface area contributed by atoms with Gasteiger partial charge >= 0.3 is 0 Å². The minimum absolute atomic E-state index is 0.616. The number of hydrogen-bond acceptors (Lipinski definition) is 7. The molecule has 2 aliphatic rings. The molecule has 0 atom stereocenters. The topological polar surface area (TPSA) is 58.3 Å². The third kappa shape index (κ3) is 2.54. The van der Waals surface area contributed by atoms with Crippen LogP contribution in [0.25, 0.3) is 11.3 Å². The van der Waals surface area contributed by atoms with Crippen LogP contribution in [-0.4, -0.2) is 46.5 Å². The third-order valence-electron chi connectivity index (χ3n) is 4.24. The molecule has 1 saturated carbocycles. The van der Waals surface area contributed by atoms with E-state index in [2.05, 4.69) is 24.5 Å². The molecule has 0 unspecified atom stereocenters. The van der Waals surface area contributed by atoms with Gasteiger partial charge in [0.05, 0.1) is 16.3 Å². The summed E-state index contributed by atoms with van der Waals surface area (Å²) in [5.74, 6) is 0.616. The quantitative estimate of drug-likeness (QED) is 0.941. The average molecular weight is 321 g/mol. The Labute approximate surface area is 132 Å². The van der Waals surface area contributed by atoms with Gasteiger partial charge in [-0.1, -0.05) is 0 Å². The van der Waals surface area contributed by atoms with Gasteiger partial charge in [0.1, 0.15) is 10.8 Å². The van der Waals surface area contributed by atoms with Crippen LogP contribution in [0, 0.1) is 6.92 Å². The zero-order valence-electron chi connectivity index (χ0n) is 12.1. The second kappa shape index (κ2) is 5.23. The van der Waals surface area contributed by atoms with Gasteiger partial charge in [-0.05, 0) is 31.3 Å². The summed E-state index contributed by atoms with van der Waals surface area (Å²) < 4.78 is 4.37. The van der Waals surface area contributed by atoms with Crippen molar-refractivity contribution in [3.05, 3.63) is 10.4 Å². The number of aromatic nitrogens is 2. The maximum absolute atomic E-state index is 6.10. The van der Waals surface area contributed by atoms with E-state index in [1.54, 1.807) is 11.3 Å². The van der Waals surface area contributed by atoms with Crippen LogP contribution >= 0.6 is 22.9 Å². The molecule has 2 aromatic heterocycles. The van der Waals surface area contributed by atoms with E-state index in [0.29, 0.717) is 5.82 Å². The van der Waals surface area contributed by atoms with Crippen molar-refractivity contribution < 1.29 is 0 Å². The highest BCUT2D eigenvalue weighted by Gasteiger charge is 2.32. The molecule has 1 aliphatic carbocycles. The highest BCUT2D eigenvalue weighted by molar-refractivity contribution is 7.11. The second-order valence-corrected chi connectivity index (χ2v) is 7.57. The molecule has 1 saturated heterocycles. The van der Waals surface area contributed by atoms with Crippen molar-refractivity contribution in [2.75, 3.05) is 36.8 Å². The summed E-state index contributed by atoms with van der Waals surface area (Å²) in [6, 6.07) is 0.861. The Hall–Kier alpha value is -1.18. The molecule has 4 rings (SSSR count). The molecule has 0 aromatic carbocycles. The average Bonchev–Trinajstić information content (AvgIpc) is 3.15. The number of thiazole rings is 1. The maximum atomic E-state index is 6.10. The lowest BCUT2D eigenvalue weighted by atomic mass is 10.2. The lowest BCUT2D eigenvalue weighted by Crippen LogP contribution is -2.47. The number of anilines is 2. The molecule has 7 heteroatoms. The van der Waals surface area contributed by atoms with Gasteiger partial charge in [0.25, 0.3) is 0 Å². The van der Waals surface area contributed by atoms with Crippen LogP contribution in [0.5, 0.6) is 0 Å². The number of aryl methyl sites for hydroxylation is 1. The Bertz CT molecular complexity index is 638. The van der Waals surface area contributed by atoms with Crippen molar-refractivity contribution in [1.82, 2.24) is 14.3 Å². The fraction of sp³-hybridized carbons (Fsp3) is 0.571. The number of hydrogen-bond donors (Lipinski definition) is 1. The molecule has 112 valence electrons. The van der Waals surface area contributed by atoms with Crippen molar-refractivity contribution in [2.24, 2.45) is 0 Å². The Morgan fingerprint density at radius 2 is 2.00 bits per heavy atom. The smallest absolute Gasteiger partial charge is 0.148 e. The van der Waals surface area contributed by atoms with Crippen LogP contribution in [0.3, 0.4) is 0 Å². The van der Waals surface area contributed by atoms with Gasteiger partial charge in [0.2, 0.25) is 0 Å². The third-order valence-corrected chi connectivity index (χ3v) is 5.94. The molecule has 0 radical (unpaired) electrons. The van der Waals surface area contributed by atoms with E-state index in [1.165, 1.54) is 29.4 Å². The normalized spacial score (nSPS) is 20.1. The highest BCUT2D eigenvalue weighted by Crippen LogP contribution is 2.40. The molecule has 0 bridgehead atoms. The zero-order chi connectivity index (χ0) is 14.4. The van der Waals surface area contributed by atoms with Crippen molar-refractivity contribution in [3.8, 4) is 11.3 Å². The molecule has 3 heterocycles. The summed E-state index contributed by atoms with van der Waals surface area (Å²) in [6.07, 6.45) is 2.77. The Morgan fingerprint density at radius 1 is 1.24 bits per heavy atom. The second-order valence-electron chi connectivity index (χ2n) is 5.75. The molecule has 1 aliphatic heterocycles. The largest absolute Gasteiger partial charge is 0.382 e. The SMILES string of the molecule is Cc1nc(-c2c(N)nsc2N2CCN(C3CC3)CC2)cs1. The van der Waals surface area contributed by atoms with Crippen molar-refractivity contribution in [1.29, 1.82) is 0 Å². The number of nitrogens with zero attached hydrogens (tertiary/aromatic N) is 4. The number of nitrogen functional groups attached to an aromatic ring is 1. The fourth-order valence-electron chi connectivity index (χ4n) is 2.96. The molecule has 21 heavy (non-hydrogen) atoms. The van der Waals surface area contributed by atoms with Gasteiger partial charge < -0.3 is 10.6 Å². The van der Waals surface area contributed by atoms with Crippen LogP contribution < -0.4 is 10.6 Å². The van der Waals surface area contributed by atoms with E-state index in [4.69, 9.17) is 5.73 Å². The zero-order valence-corrected chi connectivity index (χ0v) is 13.7. The van der Waals surface area contributed by atoms with Crippen molar-refractivity contribution in [3.63, 3.8) is 0 Å². The predicted molar refractivity (Wildman–Crippen MR) is 89.2 cm³/mol. The van der Waals surface area contributed by atoms with Crippen molar-refractivity contribution >= 4 is 33.7 Å². The molecule has 5 nitrogen and oxygen atoms in total. The summed E-state index contributed by atoms with van der Waals surface area (Å²) in [4.78, 5) is 9.64. The van der Waals surface area contributed by atoms with Crippen LogP contribution in [0.1, 0.15) is 17.8 Å². The molecule has 0 amide bonds. The Balaban J connectivity index is 1.58. The summed E-state index contributed by atoms with van der Waals surface area (Å²) in [7, 11) is 0. The first-order chi connectivity index (χ1) is 10.2. The minimum atomic E-state index is 0.616. The van der Waals surface area contributed by atoms with Gasteiger partial charge in [-0.2, -0.15) is 4.37 Å². The van der Waals surface area contributed by atoms with Gasteiger partial charge in [0, 0.05) is 37.6 Å². The lowest BCUT2D eigenvalue weighted by molar-refractivity contribution is 0.248. The molecular weight excluding hydrogens is 302 g/mol. The standard InChI is InChI=1S/C14H19N5S2/c1-9-16-11(8-20-9)12-13(15)17-21-14(12)19-6-4-18(5-7-19)10-2-3-10/h8,10H,2-7H2,1H3,(H2,15,17). The summed E-state index contributed by atoms with van der Waals surface area (Å²) in [5, 5.41) is 4.34. The maximum Gasteiger partial charge on any atom is 0.148 e. The summed E-state index contributed by atoms with van der Waals surface area (Å²) >= 11 is 3.17. The molecule has 2 fully saturated rings. The van der Waals surface area contributed by atoms with E-state index in [9.17, 15) is 0 Å². The van der Waals surface area contributed by atoms with Gasteiger partial charge in [-0.15, -0.1) is 11.3 Å². The van der Waals surface area contributed by atoms with E-state index in [-0.39, 0.29) is 0 Å². The van der Waals surface area contributed by atoms with Crippen LogP contribution in [0.4, 0.5) is 10.8 Å². The molecule has 2 N–H and O–H groups in total. The van der Waals surface area contributed by atoms with Gasteiger partial charge in [-0.3, -0.25) is 4.90 Å². The van der Waals surface area contributed by atoms with E-state index in [1.807, 2.05) is 6.92 Å². The predicted octanol–water partition coefficient (Wildman–Crippen LogP) is 2.44. The fourth-order valence-corrected chi connectivity index (χ4v) is 4.44. The number of rotatable bonds is 3. The Morgan fingerprint density at radius 3 is 2.62 bits per heavy atom. The minimum Gasteiger partial charge on any atom is -0.382 e. The highest BCUT2D eigenvalue weighted by atomic mass is 32.1.